The van der Waals surface area contributed by atoms with Crippen molar-refractivity contribution in [3.05, 3.63) is 28.4 Å². The minimum absolute atomic E-state index is 0.0772. The van der Waals surface area contributed by atoms with Crippen LogP contribution in [0, 0.1) is 5.21 Å². The third kappa shape index (κ3) is 2.04. The third-order valence-corrected chi connectivity index (χ3v) is 1.95. The average molecular weight is 248 g/mol. The second-order valence-corrected chi connectivity index (χ2v) is 4.53. The summed E-state index contributed by atoms with van der Waals surface area (Å²) in [6.07, 6.45) is 2.32. The Morgan fingerprint density at radius 2 is 2.00 bits per heavy atom. The van der Waals surface area contributed by atoms with E-state index >= 15 is 0 Å². The Hall–Kier alpha value is 0.0400. The molecule has 0 aliphatic heterocycles. The number of hydrogen-bond donors (Lipinski definition) is 0. The zero-order valence-electron chi connectivity index (χ0n) is 5.47. The fourth-order valence-electron chi connectivity index (χ4n) is 0.582. The van der Waals surface area contributed by atoms with Gasteiger partial charge in [0.2, 0.25) is 3.79 Å². The Morgan fingerprint density at radius 3 is 2.42 bits per heavy atom. The van der Waals surface area contributed by atoms with Gasteiger partial charge in [-0.1, -0.05) is 34.8 Å². The van der Waals surface area contributed by atoms with E-state index < -0.39 is 3.79 Å². The van der Waals surface area contributed by atoms with Gasteiger partial charge in [-0.15, -0.1) is 0 Å². The molecule has 1 rings (SSSR count). The summed E-state index contributed by atoms with van der Waals surface area (Å²) in [4.78, 5) is 3.66. The highest BCUT2D eigenvalue weighted by molar-refractivity contribution is 6.67. The van der Waals surface area contributed by atoms with Crippen LogP contribution in [0.3, 0.4) is 0 Å². The molecule has 0 amide bonds. The second kappa shape index (κ2) is 3.42. The molecule has 0 saturated heterocycles. The Bertz CT molecular complexity index is 298. The maximum Gasteiger partial charge on any atom is 0.312 e. The molecule has 1 aromatic rings. The van der Waals surface area contributed by atoms with Crippen LogP contribution < -0.4 is 4.73 Å². The molecule has 0 unspecified atom stereocenters. The van der Waals surface area contributed by atoms with E-state index in [2.05, 4.69) is 4.98 Å². The number of alkyl halides is 3. The van der Waals surface area contributed by atoms with Crippen LogP contribution >= 0.6 is 46.4 Å². The highest BCUT2D eigenvalue weighted by Gasteiger charge is 2.31. The molecular weight excluding hydrogens is 246 g/mol. The summed E-state index contributed by atoms with van der Waals surface area (Å²) in [6, 6.07) is 0. The molecule has 1 aromatic heterocycles. The summed E-state index contributed by atoms with van der Waals surface area (Å²) in [5.74, 6) is 0. The van der Waals surface area contributed by atoms with Crippen LogP contribution in [0.2, 0.25) is 5.15 Å². The Kier molecular flexibility index (Phi) is 2.88. The van der Waals surface area contributed by atoms with Crippen molar-refractivity contribution < 1.29 is 4.73 Å². The summed E-state index contributed by atoms with van der Waals surface area (Å²) in [5, 5.41) is 10.6. The largest absolute Gasteiger partial charge is 0.618 e. The van der Waals surface area contributed by atoms with E-state index in [9.17, 15) is 5.21 Å². The molecule has 0 aromatic carbocycles. The van der Waals surface area contributed by atoms with Crippen molar-refractivity contribution in [2.24, 2.45) is 0 Å². The molecule has 0 aliphatic rings. The van der Waals surface area contributed by atoms with Crippen LogP contribution in [0.5, 0.6) is 0 Å². The molecule has 66 valence electrons. The van der Waals surface area contributed by atoms with Gasteiger partial charge in [-0.25, -0.2) is 4.98 Å². The lowest BCUT2D eigenvalue weighted by molar-refractivity contribution is -0.604. The number of aromatic nitrogens is 2. The Labute approximate surface area is 88.4 Å². The van der Waals surface area contributed by atoms with Crippen LogP contribution in [0.15, 0.2) is 12.4 Å². The molecule has 0 fully saturated rings. The number of rotatable bonds is 0. The molecule has 0 radical (unpaired) electrons. The smallest absolute Gasteiger partial charge is 0.312 e. The van der Waals surface area contributed by atoms with E-state index in [-0.39, 0.29) is 10.8 Å². The Balaban J connectivity index is 3.26. The first-order valence-electron chi connectivity index (χ1n) is 2.74. The van der Waals surface area contributed by atoms with Gasteiger partial charge in [0.15, 0.2) is 11.9 Å². The molecular formula is C5H2Cl4N2O. The number of nitrogens with zero attached hydrogens (tertiary/aromatic N) is 2. The van der Waals surface area contributed by atoms with Crippen LogP contribution in [0.4, 0.5) is 0 Å². The van der Waals surface area contributed by atoms with Gasteiger partial charge < -0.3 is 5.21 Å². The molecule has 0 atom stereocenters. The molecule has 0 spiro atoms. The minimum atomic E-state index is -1.77. The minimum Gasteiger partial charge on any atom is -0.618 e. The molecule has 3 nitrogen and oxygen atoms in total. The third-order valence-electron chi connectivity index (χ3n) is 1.06. The fourth-order valence-corrected chi connectivity index (χ4v) is 1.39. The topological polar surface area (TPSA) is 39.8 Å². The monoisotopic (exact) mass is 246 g/mol. The van der Waals surface area contributed by atoms with Crippen molar-refractivity contribution in [1.82, 2.24) is 4.98 Å². The van der Waals surface area contributed by atoms with Crippen LogP contribution in [-0.2, 0) is 3.79 Å². The first-order chi connectivity index (χ1) is 5.43. The van der Waals surface area contributed by atoms with Crippen molar-refractivity contribution >= 4 is 46.4 Å². The fraction of sp³-hybridized carbons (Fsp3) is 0.200. The average Bonchev–Trinajstić information content (AvgIpc) is 1.92. The molecule has 0 bridgehead atoms. The summed E-state index contributed by atoms with van der Waals surface area (Å²) in [6.45, 7) is 0. The highest BCUT2D eigenvalue weighted by atomic mass is 35.6. The van der Waals surface area contributed by atoms with E-state index in [4.69, 9.17) is 46.4 Å². The van der Waals surface area contributed by atoms with Gasteiger partial charge in [-0.2, -0.15) is 4.73 Å². The predicted octanol–water partition coefficient (Wildman–Crippen LogP) is 2.20. The van der Waals surface area contributed by atoms with Crippen molar-refractivity contribution in [3.8, 4) is 0 Å². The van der Waals surface area contributed by atoms with E-state index in [1.165, 1.54) is 6.20 Å². The van der Waals surface area contributed by atoms with E-state index in [1.807, 2.05) is 0 Å². The quantitative estimate of drug-likeness (QED) is 0.401. The van der Waals surface area contributed by atoms with Crippen LogP contribution in [-0.4, -0.2) is 4.98 Å². The van der Waals surface area contributed by atoms with Gasteiger partial charge in [0.1, 0.15) is 0 Å². The van der Waals surface area contributed by atoms with Gasteiger partial charge in [-0.3, -0.25) is 0 Å². The van der Waals surface area contributed by atoms with E-state index in [0.29, 0.717) is 4.73 Å². The summed E-state index contributed by atoms with van der Waals surface area (Å²) >= 11 is 21.9. The van der Waals surface area contributed by atoms with Crippen molar-refractivity contribution in [1.29, 1.82) is 0 Å². The first-order valence-corrected chi connectivity index (χ1v) is 4.25. The van der Waals surface area contributed by atoms with Crippen molar-refractivity contribution in [2.45, 2.75) is 3.79 Å². The highest BCUT2D eigenvalue weighted by Crippen LogP contribution is 2.38. The van der Waals surface area contributed by atoms with Crippen LogP contribution in [0.25, 0.3) is 0 Å². The molecule has 7 heteroatoms. The summed E-state index contributed by atoms with van der Waals surface area (Å²) < 4.78 is -1.41. The van der Waals surface area contributed by atoms with Gasteiger partial charge in [-0.05, 0) is 11.6 Å². The maximum absolute atomic E-state index is 10.9. The standard InChI is InChI=1S/C5H2Cl4N2O/c6-4-3(5(7,8)9)10-1-2-11(4)12/h1-2H. The maximum atomic E-state index is 10.9. The number of hydrogen-bond acceptors (Lipinski definition) is 2. The van der Waals surface area contributed by atoms with Gasteiger partial charge in [0, 0.05) is 0 Å². The van der Waals surface area contributed by atoms with E-state index in [0.717, 1.165) is 6.20 Å². The van der Waals surface area contributed by atoms with Gasteiger partial charge in [0.25, 0.3) is 0 Å². The van der Waals surface area contributed by atoms with Crippen molar-refractivity contribution in [3.63, 3.8) is 0 Å². The van der Waals surface area contributed by atoms with Crippen molar-refractivity contribution in [2.75, 3.05) is 0 Å². The van der Waals surface area contributed by atoms with Gasteiger partial charge in [0.05, 0.1) is 6.20 Å². The molecule has 0 saturated carbocycles. The predicted molar refractivity (Wildman–Crippen MR) is 47.4 cm³/mol. The lowest BCUT2D eigenvalue weighted by atomic mass is 10.5. The number of halogens is 4. The molecule has 0 aliphatic carbocycles. The molecule has 12 heavy (non-hydrogen) atoms. The van der Waals surface area contributed by atoms with Gasteiger partial charge >= 0.3 is 5.15 Å². The zero-order valence-corrected chi connectivity index (χ0v) is 8.49. The molecule has 1 heterocycles. The first kappa shape index (κ1) is 10.1. The second-order valence-electron chi connectivity index (χ2n) is 1.89. The zero-order chi connectivity index (χ0) is 9.35. The summed E-state index contributed by atoms with van der Waals surface area (Å²) in [5.41, 5.74) is -0.0772. The Morgan fingerprint density at radius 1 is 1.42 bits per heavy atom. The van der Waals surface area contributed by atoms with E-state index in [1.54, 1.807) is 0 Å². The van der Waals surface area contributed by atoms with Crippen LogP contribution in [0.1, 0.15) is 5.69 Å². The lowest BCUT2D eigenvalue weighted by Gasteiger charge is -2.09. The molecule has 0 N–H and O–H groups in total. The summed E-state index contributed by atoms with van der Waals surface area (Å²) in [7, 11) is 0. The lowest BCUT2D eigenvalue weighted by Crippen LogP contribution is -2.30. The SMILES string of the molecule is [O-][n+]1ccnc(C(Cl)(Cl)Cl)c1Cl. The normalized spacial score (nSPS) is 11.7.